The first-order valence-corrected chi connectivity index (χ1v) is 16.3. The van der Waals surface area contributed by atoms with Gasteiger partial charge >= 0.3 is 12.0 Å². The van der Waals surface area contributed by atoms with Gasteiger partial charge in [-0.05, 0) is 49.6 Å². The summed E-state index contributed by atoms with van der Waals surface area (Å²) in [6.07, 6.45) is 1.48. The number of nitrogens with one attached hydrogen (secondary N) is 1. The van der Waals surface area contributed by atoms with Crippen molar-refractivity contribution in [2.45, 2.75) is 64.8 Å². The van der Waals surface area contributed by atoms with E-state index in [0.29, 0.717) is 17.4 Å². The van der Waals surface area contributed by atoms with Gasteiger partial charge in [0.1, 0.15) is 18.0 Å². The second-order valence-corrected chi connectivity index (χ2v) is 12.7. The van der Waals surface area contributed by atoms with Crippen LogP contribution in [0, 0.1) is 0 Å². The lowest BCUT2D eigenvalue weighted by molar-refractivity contribution is -0.158. The van der Waals surface area contributed by atoms with Crippen LogP contribution in [0.25, 0.3) is 10.2 Å². The Morgan fingerprint density at radius 2 is 1.93 bits per heavy atom. The molecule has 246 valence electrons. The standard InChI is InChI=1S/C32H41N7O6S/c1-5-6-14-34-32(43)39(20(2)3)37-18-27(40)38-24(15-21-10-12-23(13-11-21)45-19-28(41)44-4)30(42)36(17-26(37)38)16-22-8-7-9-25-29(22)35-31(33)46-25/h7-13,20,24,26H,5-6,14-19H2,1-4H3,(H2,33,35)(H,34,43)/t24-,26+/m0/s1. The Hall–Kier alpha value is -4.43. The minimum absolute atomic E-state index is 0.0276. The number of hydrogen-bond donors (Lipinski definition) is 2. The van der Waals surface area contributed by atoms with E-state index >= 15 is 0 Å². The third-order valence-corrected chi connectivity index (χ3v) is 9.01. The van der Waals surface area contributed by atoms with Crippen molar-refractivity contribution < 1.29 is 28.7 Å². The highest BCUT2D eigenvalue weighted by Gasteiger charge is 2.52. The number of anilines is 1. The number of nitrogens with two attached hydrogens (primary N) is 1. The molecule has 5 rings (SSSR count). The Bertz CT molecular complexity index is 1580. The zero-order valence-electron chi connectivity index (χ0n) is 26.6. The van der Waals surface area contributed by atoms with Gasteiger partial charge in [-0.2, -0.15) is 5.01 Å². The van der Waals surface area contributed by atoms with Crippen molar-refractivity contribution in [3.05, 3.63) is 53.6 Å². The molecule has 2 fully saturated rings. The van der Waals surface area contributed by atoms with Gasteiger partial charge in [0.2, 0.25) is 11.8 Å². The molecule has 3 heterocycles. The van der Waals surface area contributed by atoms with Crippen molar-refractivity contribution in [3.63, 3.8) is 0 Å². The topological polar surface area (TPSA) is 151 Å². The summed E-state index contributed by atoms with van der Waals surface area (Å²) in [4.78, 5) is 60.8. The zero-order chi connectivity index (χ0) is 33.0. The van der Waals surface area contributed by atoms with E-state index in [-0.39, 0.29) is 56.5 Å². The Morgan fingerprint density at radius 1 is 1.17 bits per heavy atom. The number of ether oxygens (including phenoxy) is 2. The van der Waals surface area contributed by atoms with E-state index in [0.717, 1.165) is 34.2 Å². The molecule has 2 aliphatic rings. The average Bonchev–Trinajstić information content (AvgIpc) is 3.57. The van der Waals surface area contributed by atoms with Crippen LogP contribution < -0.4 is 15.8 Å². The van der Waals surface area contributed by atoms with Crippen LogP contribution in [0.1, 0.15) is 44.7 Å². The van der Waals surface area contributed by atoms with Crippen molar-refractivity contribution in [1.29, 1.82) is 0 Å². The van der Waals surface area contributed by atoms with E-state index in [4.69, 9.17) is 10.5 Å². The van der Waals surface area contributed by atoms with Crippen molar-refractivity contribution in [2.24, 2.45) is 0 Å². The molecule has 0 unspecified atom stereocenters. The monoisotopic (exact) mass is 651 g/mol. The molecule has 3 aromatic rings. The Kier molecular flexibility index (Phi) is 10.3. The van der Waals surface area contributed by atoms with Crippen LogP contribution in [0.15, 0.2) is 42.5 Å². The molecule has 13 nitrogen and oxygen atoms in total. The molecule has 0 saturated carbocycles. The number of carbonyl (C=O) groups is 4. The maximum absolute atomic E-state index is 14.3. The number of carbonyl (C=O) groups excluding carboxylic acids is 4. The number of thiazole rings is 1. The maximum Gasteiger partial charge on any atom is 0.343 e. The molecular formula is C32H41N7O6S. The number of para-hydroxylation sites is 1. The number of benzene rings is 2. The fraction of sp³-hybridized carbons (Fsp3) is 0.469. The minimum Gasteiger partial charge on any atom is -0.482 e. The molecule has 0 aliphatic carbocycles. The number of urea groups is 1. The average molecular weight is 652 g/mol. The van der Waals surface area contributed by atoms with Crippen LogP contribution in [0.5, 0.6) is 5.75 Å². The Balaban J connectivity index is 1.45. The number of esters is 1. The van der Waals surface area contributed by atoms with Crippen LogP contribution >= 0.6 is 11.3 Å². The number of amides is 4. The van der Waals surface area contributed by atoms with E-state index in [9.17, 15) is 19.2 Å². The summed E-state index contributed by atoms with van der Waals surface area (Å²) < 4.78 is 11.0. The van der Waals surface area contributed by atoms with Crippen LogP contribution in [-0.2, 0) is 32.1 Å². The molecule has 2 aliphatic heterocycles. The van der Waals surface area contributed by atoms with Gasteiger partial charge in [-0.25, -0.2) is 14.6 Å². The van der Waals surface area contributed by atoms with Crippen molar-refractivity contribution >= 4 is 50.5 Å². The van der Waals surface area contributed by atoms with Crippen molar-refractivity contribution in [1.82, 2.24) is 30.1 Å². The lowest BCUT2D eigenvalue weighted by Crippen LogP contribution is -2.66. The van der Waals surface area contributed by atoms with E-state index in [1.807, 2.05) is 44.2 Å². The van der Waals surface area contributed by atoms with Crippen LogP contribution in [-0.4, -0.2) is 100 Å². The summed E-state index contributed by atoms with van der Waals surface area (Å²) in [5, 5.41) is 6.84. The van der Waals surface area contributed by atoms with Gasteiger partial charge in [0.15, 0.2) is 11.7 Å². The summed E-state index contributed by atoms with van der Waals surface area (Å²) in [7, 11) is 1.29. The van der Waals surface area contributed by atoms with Crippen molar-refractivity contribution in [3.8, 4) is 5.75 Å². The molecule has 0 radical (unpaired) electrons. The van der Waals surface area contributed by atoms with Crippen LogP contribution in [0.3, 0.4) is 0 Å². The number of nitrogen functional groups attached to an aromatic ring is 1. The van der Waals surface area contributed by atoms with Crippen LogP contribution in [0.4, 0.5) is 9.93 Å². The van der Waals surface area contributed by atoms with Gasteiger partial charge in [-0.15, -0.1) is 0 Å². The molecule has 2 aromatic carbocycles. The summed E-state index contributed by atoms with van der Waals surface area (Å²) >= 11 is 1.39. The van der Waals surface area contributed by atoms with Gasteiger partial charge in [-0.3, -0.25) is 14.6 Å². The molecular weight excluding hydrogens is 610 g/mol. The fourth-order valence-electron chi connectivity index (χ4n) is 5.97. The number of fused-ring (bicyclic) bond motifs is 2. The number of methoxy groups -OCH3 is 1. The van der Waals surface area contributed by atoms with Gasteiger partial charge in [-0.1, -0.05) is 48.9 Å². The summed E-state index contributed by atoms with van der Waals surface area (Å²) in [5.41, 5.74) is 8.43. The van der Waals surface area contributed by atoms with Gasteiger partial charge in [0.05, 0.1) is 30.4 Å². The van der Waals surface area contributed by atoms with E-state index in [1.165, 1.54) is 18.4 Å². The first-order chi connectivity index (χ1) is 22.1. The quantitative estimate of drug-likeness (QED) is 0.223. The Labute approximate surface area is 272 Å². The number of hydrogen-bond acceptors (Lipinski definition) is 10. The van der Waals surface area contributed by atoms with Gasteiger partial charge in [0, 0.05) is 25.6 Å². The van der Waals surface area contributed by atoms with Gasteiger partial charge < -0.3 is 30.3 Å². The highest BCUT2D eigenvalue weighted by Crippen LogP contribution is 2.33. The molecule has 1 aromatic heterocycles. The highest BCUT2D eigenvalue weighted by molar-refractivity contribution is 7.22. The number of unbranched alkanes of at least 4 members (excludes halogenated alkanes) is 1. The third-order valence-electron chi connectivity index (χ3n) is 8.16. The third kappa shape index (κ3) is 7.02. The number of hydrazine groups is 1. The fourth-order valence-corrected chi connectivity index (χ4v) is 6.75. The lowest BCUT2D eigenvalue weighted by Gasteiger charge is -2.47. The molecule has 2 atom stereocenters. The summed E-state index contributed by atoms with van der Waals surface area (Å²) in [5.74, 6) is -0.432. The second-order valence-electron chi connectivity index (χ2n) is 11.7. The van der Waals surface area contributed by atoms with Gasteiger partial charge in [0.25, 0.3) is 0 Å². The summed E-state index contributed by atoms with van der Waals surface area (Å²) in [6.45, 7) is 6.64. The molecule has 46 heavy (non-hydrogen) atoms. The molecule has 14 heteroatoms. The Morgan fingerprint density at radius 3 is 2.63 bits per heavy atom. The zero-order valence-corrected chi connectivity index (χ0v) is 27.4. The molecule has 3 N–H and O–H groups in total. The minimum atomic E-state index is -0.810. The maximum atomic E-state index is 14.3. The number of piperazine rings is 1. The van der Waals surface area contributed by atoms with E-state index in [1.54, 1.807) is 32.0 Å². The van der Waals surface area contributed by atoms with E-state index < -0.39 is 18.2 Å². The number of nitrogens with zero attached hydrogens (tertiary/aromatic N) is 5. The highest BCUT2D eigenvalue weighted by atomic mass is 32.1. The predicted octanol–water partition coefficient (Wildman–Crippen LogP) is 2.99. The smallest absolute Gasteiger partial charge is 0.343 e. The summed E-state index contributed by atoms with van der Waals surface area (Å²) in [6, 6.07) is 11.5. The first kappa shape index (κ1) is 32.9. The molecule has 0 spiro atoms. The normalized spacial score (nSPS) is 18.3. The first-order valence-electron chi connectivity index (χ1n) is 15.5. The lowest BCUT2D eigenvalue weighted by atomic mass is 9.99. The second kappa shape index (κ2) is 14.3. The van der Waals surface area contributed by atoms with Crippen molar-refractivity contribution in [2.75, 3.05) is 39.1 Å². The van der Waals surface area contributed by atoms with E-state index in [2.05, 4.69) is 22.0 Å². The van der Waals surface area contributed by atoms with Crippen LogP contribution in [0.2, 0.25) is 0 Å². The molecule has 2 saturated heterocycles. The molecule has 0 bridgehead atoms. The number of rotatable bonds is 12. The number of aromatic nitrogens is 1. The SMILES string of the molecule is CCCCNC(=O)N(C(C)C)N1CC(=O)N2[C@@H](Cc3ccc(OCC(=O)OC)cc3)C(=O)N(Cc3cccc4sc(N)nc34)C[C@@H]21. The predicted molar refractivity (Wildman–Crippen MR) is 174 cm³/mol. The largest absolute Gasteiger partial charge is 0.482 e. The molecule has 4 amide bonds.